The number of imidazole rings is 1. The third-order valence-corrected chi connectivity index (χ3v) is 4.49. The fraction of sp³-hybridized carbons (Fsp3) is 0.105. The first-order valence-electron chi connectivity index (χ1n) is 8.78. The largest absolute Gasteiger partial charge is 0.421 e. The number of hydrogen-bond acceptors (Lipinski definition) is 7. The number of aromatic nitrogens is 7. The first-order chi connectivity index (χ1) is 14.1. The SMILES string of the molecule is CNc1cc(F)cc2c1[nH]c1nc(Oc3cnc(C)nc3)nc(-c3cnc[nH]3)c12. The van der Waals surface area contributed by atoms with Crippen molar-refractivity contribution in [3.8, 4) is 23.1 Å². The van der Waals surface area contributed by atoms with E-state index in [9.17, 15) is 4.39 Å². The highest BCUT2D eigenvalue weighted by Crippen LogP contribution is 2.36. The predicted octanol–water partition coefficient (Wildman–Crippen LogP) is 3.57. The third kappa shape index (κ3) is 2.90. The molecule has 1 aromatic carbocycles. The lowest BCUT2D eigenvalue weighted by Crippen LogP contribution is -1.97. The molecule has 4 aromatic heterocycles. The van der Waals surface area contributed by atoms with Gasteiger partial charge in [-0.1, -0.05) is 0 Å². The van der Waals surface area contributed by atoms with Crippen molar-refractivity contribution in [3.05, 3.63) is 48.7 Å². The third-order valence-electron chi connectivity index (χ3n) is 4.49. The molecule has 144 valence electrons. The van der Waals surface area contributed by atoms with Crippen LogP contribution in [0.25, 0.3) is 33.3 Å². The zero-order valence-corrected chi connectivity index (χ0v) is 15.5. The molecule has 9 nitrogen and oxygen atoms in total. The Bertz CT molecular complexity index is 1330. The summed E-state index contributed by atoms with van der Waals surface area (Å²) < 4.78 is 20.0. The Kier molecular flexibility index (Phi) is 3.83. The molecule has 0 unspecified atom stereocenters. The van der Waals surface area contributed by atoms with E-state index in [0.29, 0.717) is 45.1 Å². The minimum Gasteiger partial charge on any atom is -0.421 e. The van der Waals surface area contributed by atoms with E-state index in [1.54, 1.807) is 38.9 Å². The van der Waals surface area contributed by atoms with Crippen LogP contribution < -0.4 is 10.1 Å². The number of ether oxygens (including phenoxy) is 1. The van der Waals surface area contributed by atoms with E-state index < -0.39 is 0 Å². The molecule has 10 heteroatoms. The maximum atomic E-state index is 14.2. The molecule has 0 aliphatic rings. The van der Waals surface area contributed by atoms with Gasteiger partial charge in [-0.15, -0.1) is 0 Å². The highest BCUT2D eigenvalue weighted by molar-refractivity contribution is 6.14. The van der Waals surface area contributed by atoms with Crippen LogP contribution in [0.15, 0.2) is 37.1 Å². The van der Waals surface area contributed by atoms with Crippen LogP contribution in [0.4, 0.5) is 10.1 Å². The first-order valence-corrected chi connectivity index (χ1v) is 8.78. The van der Waals surface area contributed by atoms with Gasteiger partial charge in [0.2, 0.25) is 0 Å². The molecule has 0 spiro atoms. The molecule has 3 N–H and O–H groups in total. The molecule has 0 aliphatic heterocycles. The molecule has 29 heavy (non-hydrogen) atoms. The summed E-state index contributed by atoms with van der Waals surface area (Å²) in [5.41, 5.74) is 3.02. The number of fused-ring (bicyclic) bond motifs is 3. The maximum absolute atomic E-state index is 14.2. The van der Waals surface area contributed by atoms with Crippen molar-refractivity contribution in [2.24, 2.45) is 0 Å². The molecule has 0 saturated heterocycles. The van der Waals surface area contributed by atoms with Crippen LogP contribution in [0.5, 0.6) is 11.8 Å². The normalized spacial score (nSPS) is 11.3. The van der Waals surface area contributed by atoms with E-state index in [0.717, 1.165) is 5.52 Å². The highest BCUT2D eigenvalue weighted by atomic mass is 19.1. The number of nitrogens with one attached hydrogen (secondary N) is 3. The van der Waals surface area contributed by atoms with Crippen LogP contribution in [0.2, 0.25) is 0 Å². The second-order valence-electron chi connectivity index (χ2n) is 6.36. The molecule has 0 fully saturated rings. The molecular weight excluding hydrogens is 375 g/mol. The van der Waals surface area contributed by atoms with Gasteiger partial charge in [0.1, 0.15) is 23.0 Å². The number of aromatic amines is 2. The lowest BCUT2D eigenvalue weighted by atomic mass is 10.1. The monoisotopic (exact) mass is 390 g/mol. The quantitative estimate of drug-likeness (QED) is 0.429. The molecule has 0 bridgehead atoms. The van der Waals surface area contributed by atoms with Gasteiger partial charge < -0.3 is 20.0 Å². The predicted molar refractivity (Wildman–Crippen MR) is 105 cm³/mol. The van der Waals surface area contributed by atoms with E-state index in [1.807, 2.05) is 0 Å². The molecule has 0 amide bonds. The summed E-state index contributed by atoms with van der Waals surface area (Å²) in [4.78, 5) is 27.6. The van der Waals surface area contributed by atoms with Crippen LogP contribution in [0, 0.1) is 12.7 Å². The fourth-order valence-electron chi connectivity index (χ4n) is 3.20. The summed E-state index contributed by atoms with van der Waals surface area (Å²) in [7, 11) is 1.73. The molecule has 0 radical (unpaired) electrons. The molecule has 4 heterocycles. The Hall–Kier alpha value is -4.08. The van der Waals surface area contributed by atoms with E-state index in [-0.39, 0.29) is 11.8 Å². The number of rotatable bonds is 4. The Balaban J connectivity index is 1.77. The second-order valence-corrected chi connectivity index (χ2v) is 6.36. The van der Waals surface area contributed by atoms with Gasteiger partial charge in [0.25, 0.3) is 0 Å². The standard InChI is InChI=1S/C19H15FN8O/c1-9-23-5-11(6-24-9)29-19-27-17(14-7-22-8-25-14)15-12-3-10(20)4-13(21-2)16(12)26-18(15)28-19/h3-8,21H,1-2H3,(H,22,25)(H,26,27,28). The first kappa shape index (κ1) is 17.0. The average Bonchev–Trinajstić information content (AvgIpc) is 3.36. The number of halogens is 1. The number of hydrogen-bond donors (Lipinski definition) is 3. The second kappa shape index (κ2) is 6.51. The molecule has 0 atom stereocenters. The zero-order chi connectivity index (χ0) is 20.0. The molecule has 5 aromatic rings. The van der Waals surface area contributed by atoms with Crippen molar-refractivity contribution < 1.29 is 9.13 Å². The number of H-pyrrole nitrogens is 2. The summed E-state index contributed by atoms with van der Waals surface area (Å²) in [6, 6.07) is 2.97. The van der Waals surface area contributed by atoms with Crippen LogP contribution in [0.1, 0.15) is 5.82 Å². The van der Waals surface area contributed by atoms with Gasteiger partial charge >= 0.3 is 6.01 Å². The Morgan fingerprint density at radius 2 is 1.93 bits per heavy atom. The topological polar surface area (TPSA) is 117 Å². The molecular formula is C19H15FN8O. The van der Waals surface area contributed by atoms with Gasteiger partial charge in [-0.25, -0.2) is 19.3 Å². The van der Waals surface area contributed by atoms with Crippen molar-refractivity contribution in [2.45, 2.75) is 6.92 Å². The molecule has 0 aliphatic carbocycles. The Morgan fingerprint density at radius 1 is 1.10 bits per heavy atom. The summed E-state index contributed by atoms with van der Waals surface area (Å²) >= 11 is 0. The van der Waals surface area contributed by atoms with E-state index in [2.05, 4.69) is 40.2 Å². The Labute approximate surface area is 163 Å². The van der Waals surface area contributed by atoms with E-state index in [1.165, 1.54) is 12.1 Å². The summed E-state index contributed by atoms with van der Waals surface area (Å²) in [5.74, 6) is 0.670. The highest BCUT2D eigenvalue weighted by Gasteiger charge is 2.19. The van der Waals surface area contributed by atoms with Crippen LogP contribution in [-0.4, -0.2) is 41.9 Å². The summed E-state index contributed by atoms with van der Waals surface area (Å²) in [6.07, 6.45) is 6.28. The summed E-state index contributed by atoms with van der Waals surface area (Å²) in [5, 5.41) is 4.31. The minimum absolute atomic E-state index is 0.104. The van der Waals surface area contributed by atoms with Crippen molar-refractivity contribution >= 4 is 27.6 Å². The minimum atomic E-state index is -0.365. The van der Waals surface area contributed by atoms with Crippen molar-refractivity contribution in [2.75, 3.05) is 12.4 Å². The number of aryl methyl sites for hydroxylation is 1. The Morgan fingerprint density at radius 3 is 2.66 bits per heavy atom. The molecule has 5 rings (SSSR count). The van der Waals surface area contributed by atoms with Crippen LogP contribution in [-0.2, 0) is 0 Å². The fourth-order valence-corrected chi connectivity index (χ4v) is 3.20. The lowest BCUT2D eigenvalue weighted by Gasteiger charge is -2.06. The van der Waals surface area contributed by atoms with Crippen LogP contribution in [0.3, 0.4) is 0 Å². The van der Waals surface area contributed by atoms with Gasteiger partial charge in [-0.3, -0.25) is 0 Å². The number of nitrogens with zero attached hydrogens (tertiary/aromatic N) is 5. The molecule has 0 saturated carbocycles. The van der Waals surface area contributed by atoms with Gasteiger partial charge in [0, 0.05) is 12.4 Å². The number of benzene rings is 1. The smallest absolute Gasteiger partial charge is 0.324 e. The average molecular weight is 390 g/mol. The number of anilines is 1. The van der Waals surface area contributed by atoms with Gasteiger partial charge in [-0.05, 0) is 19.1 Å². The maximum Gasteiger partial charge on any atom is 0.324 e. The van der Waals surface area contributed by atoms with E-state index >= 15 is 0 Å². The summed E-state index contributed by atoms with van der Waals surface area (Å²) in [6.45, 7) is 1.78. The van der Waals surface area contributed by atoms with Crippen LogP contribution >= 0.6 is 0 Å². The van der Waals surface area contributed by atoms with Crippen molar-refractivity contribution in [3.63, 3.8) is 0 Å². The van der Waals surface area contributed by atoms with Crippen molar-refractivity contribution in [1.82, 2.24) is 34.9 Å². The van der Waals surface area contributed by atoms with Gasteiger partial charge in [0.05, 0.1) is 47.2 Å². The van der Waals surface area contributed by atoms with E-state index in [4.69, 9.17) is 4.74 Å². The van der Waals surface area contributed by atoms with Crippen molar-refractivity contribution in [1.29, 1.82) is 0 Å². The lowest BCUT2D eigenvalue weighted by molar-refractivity contribution is 0.440. The zero-order valence-electron chi connectivity index (χ0n) is 15.5. The van der Waals surface area contributed by atoms with Gasteiger partial charge in [-0.2, -0.15) is 9.97 Å². The van der Waals surface area contributed by atoms with Gasteiger partial charge in [0.15, 0.2) is 5.75 Å².